The molecule has 4 heteroatoms. The van der Waals surface area contributed by atoms with Gasteiger partial charge in [-0.15, -0.1) is 0 Å². The van der Waals surface area contributed by atoms with E-state index in [-0.39, 0.29) is 11.9 Å². The molecule has 2 rings (SSSR count). The van der Waals surface area contributed by atoms with E-state index < -0.39 is 0 Å². The monoisotopic (exact) mass is 259 g/mol. The third kappa shape index (κ3) is 2.79. The number of aromatic nitrogens is 2. The van der Waals surface area contributed by atoms with E-state index in [0.29, 0.717) is 5.82 Å². The van der Waals surface area contributed by atoms with Crippen molar-refractivity contribution in [3.8, 4) is 11.4 Å². The van der Waals surface area contributed by atoms with Crippen molar-refractivity contribution >= 4 is 0 Å². The lowest BCUT2D eigenvalue weighted by atomic mass is 10.1. The Balaban J connectivity index is 2.47. The third-order valence-electron chi connectivity index (χ3n) is 3.36. The van der Waals surface area contributed by atoms with E-state index in [1.165, 1.54) is 12.1 Å². The fourth-order valence-corrected chi connectivity index (χ4v) is 2.02. The molecule has 0 radical (unpaired) electrons. The van der Waals surface area contributed by atoms with Gasteiger partial charge in [-0.2, -0.15) is 0 Å². The Bertz CT molecular complexity index is 596. The minimum atomic E-state index is -0.269. The zero-order valence-electron chi connectivity index (χ0n) is 11.7. The number of benzene rings is 1. The van der Waals surface area contributed by atoms with Gasteiger partial charge in [0.2, 0.25) is 0 Å². The zero-order chi connectivity index (χ0) is 14.0. The molecule has 0 aliphatic heterocycles. The molecule has 0 aliphatic carbocycles. The van der Waals surface area contributed by atoms with Crippen LogP contribution in [0.1, 0.15) is 29.8 Å². The summed E-state index contributed by atoms with van der Waals surface area (Å²) in [5, 5.41) is 3.16. The lowest BCUT2D eigenvalue weighted by Gasteiger charge is -2.14. The van der Waals surface area contributed by atoms with E-state index in [9.17, 15) is 4.39 Å². The summed E-state index contributed by atoms with van der Waals surface area (Å²) >= 11 is 0. The number of nitrogens with one attached hydrogen (secondary N) is 1. The molecule has 19 heavy (non-hydrogen) atoms. The largest absolute Gasteiger partial charge is 0.313 e. The molecule has 100 valence electrons. The smallest absolute Gasteiger partial charge is 0.159 e. The van der Waals surface area contributed by atoms with Gasteiger partial charge < -0.3 is 5.32 Å². The highest BCUT2D eigenvalue weighted by molar-refractivity contribution is 5.60. The van der Waals surface area contributed by atoms with Crippen LogP contribution in [0.3, 0.4) is 0 Å². The third-order valence-corrected chi connectivity index (χ3v) is 3.36. The molecule has 1 aromatic heterocycles. The van der Waals surface area contributed by atoms with Crippen molar-refractivity contribution < 1.29 is 4.39 Å². The minimum Gasteiger partial charge on any atom is -0.313 e. The first-order valence-corrected chi connectivity index (χ1v) is 6.30. The molecule has 1 heterocycles. The van der Waals surface area contributed by atoms with Crippen molar-refractivity contribution in [2.45, 2.75) is 26.8 Å². The quantitative estimate of drug-likeness (QED) is 0.920. The summed E-state index contributed by atoms with van der Waals surface area (Å²) in [4.78, 5) is 8.86. The summed E-state index contributed by atoms with van der Waals surface area (Å²) in [7, 11) is 1.90. The molecule has 3 nitrogen and oxygen atoms in total. The topological polar surface area (TPSA) is 37.8 Å². The van der Waals surface area contributed by atoms with E-state index >= 15 is 0 Å². The van der Waals surface area contributed by atoms with Gasteiger partial charge >= 0.3 is 0 Å². The van der Waals surface area contributed by atoms with Gasteiger partial charge in [-0.25, -0.2) is 14.4 Å². The Kier molecular flexibility index (Phi) is 3.90. The molecular formula is C15H18FN3. The van der Waals surface area contributed by atoms with Crippen LogP contribution in [0.5, 0.6) is 0 Å². The van der Waals surface area contributed by atoms with Crippen LogP contribution in [0.15, 0.2) is 24.4 Å². The highest BCUT2D eigenvalue weighted by atomic mass is 19.1. The van der Waals surface area contributed by atoms with Crippen LogP contribution in [-0.2, 0) is 0 Å². The van der Waals surface area contributed by atoms with Crippen molar-refractivity contribution in [3.05, 3.63) is 47.0 Å². The van der Waals surface area contributed by atoms with Crippen molar-refractivity contribution in [2.75, 3.05) is 7.05 Å². The van der Waals surface area contributed by atoms with Gasteiger partial charge in [0.15, 0.2) is 5.82 Å². The Labute approximate surface area is 112 Å². The molecule has 1 aromatic carbocycles. The molecule has 1 atom stereocenters. The maximum absolute atomic E-state index is 13.3. The van der Waals surface area contributed by atoms with Gasteiger partial charge in [0.25, 0.3) is 0 Å². The van der Waals surface area contributed by atoms with Gasteiger partial charge in [-0.3, -0.25) is 0 Å². The molecule has 0 saturated carbocycles. The molecule has 0 aliphatic rings. The second-order valence-corrected chi connectivity index (χ2v) is 4.70. The highest BCUT2D eigenvalue weighted by Gasteiger charge is 2.12. The van der Waals surface area contributed by atoms with Crippen molar-refractivity contribution in [1.82, 2.24) is 15.3 Å². The molecule has 0 saturated heterocycles. The van der Waals surface area contributed by atoms with Crippen LogP contribution in [0.2, 0.25) is 0 Å². The molecule has 0 fully saturated rings. The maximum atomic E-state index is 13.3. The maximum Gasteiger partial charge on any atom is 0.159 e. The number of aryl methyl sites for hydroxylation is 2. The Morgan fingerprint density at radius 2 is 2.00 bits per heavy atom. The van der Waals surface area contributed by atoms with Crippen LogP contribution in [-0.4, -0.2) is 17.0 Å². The number of halogens is 1. The van der Waals surface area contributed by atoms with E-state index in [0.717, 1.165) is 22.4 Å². The number of hydrogen-bond donors (Lipinski definition) is 1. The van der Waals surface area contributed by atoms with Gasteiger partial charge in [0.05, 0.1) is 0 Å². The number of nitrogens with zero attached hydrogens (tertiary/aromatic N) is 2. The van der Waals surface area contributed by atoms with Gasteiger partial charge in [0, 0.05) is 29.1 Å². The Morgan fingerprint density at radius 1 is 1.26 bits per heavy atom. The summed E-state index contributed by atoms with van der Waals surface area (Å²) in [6.45, 7) is 5.93. The minimum absolute atomic E-state index is 0.197. The second kappa shape index (κ2) is 5.45. The summed E-state index contributed by atoms with van der Waals surface area (Å²) < 4.78 is 13.3. The first kappa shape index (κ1) is 13.6. The fraction of sp³-hybridized carbons (Fsp3) is 0.333. The van der Waals surface area contributed by atoms with Crippen LogP contribution in [0.25, 0.3) is 11.4 Å². The van der Waals surface area contributed by atoms with Crippen molar-refractivity contribution in [1.29, 1.82) is 0 Å². The molecule has 0 spiro atoms. The van der Waals surface area contributed by atoms with E-state index in [1.54, 1.807) is 6.07 Å². The van der Waals surface area contributed by atoms with E-state index in [1.807, 2.05) is 27.1 Å². The summed E-state index contributed by atoms with van der Waals surface area (Å²) in [6, 6.07) is 4.87. The van der Waals surface area contributed by atoms with Gasteiger partial charge in [-0.1, -0.05) is 6.07 Å². The standard InChI is InChI=1S/C15H18FN3/c1-9-5-6-12(16)7-13(9)15-18-8-14(10(2)17-4)11(3)19-15/h5-8,10,17H,1-4H3. The van der Waals surface area contributed by atoms with Gasteiger partial charge in [0.1, 0.15) is 5.82 Å². The molecule has 1 N–H and O–H groups in total. The van der Waals surface area contributed by atoms with E-state index in [2.05, 4.69) is 22.2 Å². The van der Waals surface area contributed by atoms with Crippen LogP contribution in [0.4, 0.5) is 4.39 Å². The summed E-state index contributed by atoms with van der Waals surface area (Å²) in [5.41, 5.74) is 3.68. The lowest BCUT2D eigenvalue weighted by molar-refractivity contribution is 0.627. The average Bonchev–Trinajstić information content (AvgIpc) is 2.40. The van der Waals surface area contributed by atoms with Gasteiger partial charge in [-0.05, 0) is 45.5 Å². The number of hydrogen-bond acceptors (Lipinski definition) is 3. The second-order valence-electron chi connectivity index (χ2n) is 4.70. The van der Waals surface area contributed by atoms with Crippen LogP contribution >= 0.6 is 0 Å². The molecule has 2 aromatic rings. The number of rotatable bonds is 3. The fourth-order valence-electron chi connectivity index (χ4n) is 2.02. The normalized spacial score (nSPS) is 12.5. The zero-order valence-corrected chi connectivity index (χ0v) is 11.7. The predicted octanol–water partition coefficient (Wildman–Crippen LogP) is 3.18. The van der Waals surface area contributed by atoms with Crippen molar-refractivity contribution in [3.63, 3.8) is 0 Å². The van der Waals surface area contributed by atoms with Crippen LogP contribution in [0, 0.1) is 19.7 Å². The Hall–Kier alpha value is -1.81. The first-order valence-electron chi connectivity index (χ1n) is 6.30. The van der Waals surface area contributed by atoms with E-state index in [4.69, 9.17) is 0 Å². The lowest BCUT2D eigenvalue weighted by Crippen LogP contribution is -2.15. The average molecular weight is 259 g/mol. The predicted molar refractivity (Wildman–Crippen MR) is 74.4 cm³/mol. The molecule has 1 unspecified atom stereocenters. The molecule has 0 bridgehead atoms. The summed E-state index contributed by atoms with van der Waals surface area (Å²) in [5.74, 6) is 0.302. The van der Waals surface area contributed by atoms with Crippen molar-refractivity contribution in [2.24, 2.45) is 0 Å². The first-order chi connectivity index (χ1) is 9.02. The molecule has 0 amide bonds. The molecular weight excluding hydrogens is 241 g/mol. The Morgan fingerprint density at radius 3 is 2.63 bits per heavy atom. The summed E-state index contributed by atoms with van der Waals surface area (Å²) in [6.07, 6.45) is 1.81. The van der Waals surface area contributed by atoms with Crippen LogP contribution < -0.4 is 5.32 Å². The highest BCUT2D eigenvalue weighted by Crippen LogP contribution is 2.23. The SMILES string of the molecule is CNC(C)c1cnc(-c2cc(F)ccc2C)nc1C.